The monoisotopic (exact) mass is 462 g/mol. The van der Waals surface area contributed by atoms with Gasteiger partial charge in [-0.25, -0.2) is 14.3 Å². The average Bonchev–Trinajstić information content (AvgIpc) is 3.47. The van der Waals surface area contributed by atoms with E-state index in [1.807, 2.05) is 0 Å². The lowest BCUT2D eigenvalue weighted by atomic mass is 10.2. The fraction of sp³-hybridized carbons (Fsp3) is 0.125. The van der Waals surface area contributed by atoms with Crippen molar-refractivity contribution in [3.63, 3.8) is 0 Å². The molecule has 1 N–H and O–H groups in total. The number of benzene rings is 1. The maximum atomic E-state index is 12.4. The van der Waals surface area contributed by atoms with Crippen molar-refractivity contribution in [1.29, 1.82) is 0 Å². The van der Waals surface area contributed by atoms with Crippen molar-refractivity contribution in [3.05, 3.63) is 74.5 Å². The van der Waals surface area contributed by atoms with Crippen molar-refractivity contribution in [1.82, 2.24) is 39.3 Å². The highest BCUT2D eigenvalue weighted by molar-refractivity contribution is 6.35. The highest BCUT2D eigenvalue weighted by Crippen LogP contribution is 2.24. The minimum Gasteiger partial charge on any atom is -0.390 e. The van der Waals surface area contributed by atoms with E-state index in [0.29, 0.717) is 15.6 Å². The topological polar surface area (TPSA) is 151 Å². The molecule has 13 nitrogen and oxygen atoms in total. The van der Waals surface area contributed by atoms with Crippen LogP contribution in [0.1, 0.15) is 16.1 Å². The zero-order valence-electron chi connectivity index (χ0n) is 15.5. The fourth-order valence-electron chi connectivity index (χ4n) is 2.59. The Morgan fingerprint density at radius 1 is 1.03 bits per heavy atom. The molecule has 3 aromatic heterocycles. The Morgan fingerprint density at radius 3 is 2.48 bits per heavy atom. The standard InChI is InChI=1S/C16H12Cl2N10O3/c17-11-2-1-3-12(18)10(11)6-26-7-19-15(23-26)21-14(29)13-4-5-25(22-13)9-27-8-20-16(24-27)28(30)31/h1-5,7-8H,6,9H2,(H,21,23,29). The number of nitro groups is 1. The van der Waals surface area contributed by atoms with Crippen LogP contribution >= 0.6 is 23.2 Å². The van der Waals surface area contributed by atoms with Crippen LogP contribution in [0.15, 0.2) is 43.1 Å². The first kappa shape index (κ1) is 20.4. The van der Waals surface area contributed by atoms with Crippen LogP contribution < -0.4 is 5.32 Å². The molecule has 1 aromatic carbocycles. The molecule has 4 aromatic rings. The van der Waals surface area contributed by atoms with E-state index in [0.717, 1.165) is 0 Å². The third-order valence-corrected chi connectivity index (χ3v) is 4.70. The second kappa shape index (κ2) is 8.49. The van der Waals surface area contributed by atoms with Gasteiger partial charge >= 0.3 is 5.95 Å². The molecule has 0 saturated carbocycles. The minimum absolute atomic E-state index is 0.0413. The van der Waals surface area contributed by atoms with Gasteiger partial charge in [-0.2, -0.15) is 9.78 Å². The Morgan fingerprint density at radius 2 is 1.77 bits per heavy atom. The highest BCUT2D eigenvalue weighted by Gasteiger charge is 2.16. The van der Waals surface area contributed by atoms with Crippen molar-refractivity contribution in [3.8, 4) is 0 Å². The molecule has 0 fully saturated rings. The number of rotatable bonds is 7. The van der Waals surface area contributed by atoms with Crippen LogP contribution in [-0.2, 0) is 13.2 Å². The van der Waals surface area contributed by atoms with Gasteiger partial charge in [0.05, 0.1) is 6.54 Å². The number of hydrogen-bond donors (Lipinski definition) is 1. The quantitative estimate of drug-likeness (QED) is 0.323. The Hall–Kier alpha value is -3.84. The molecular weight excluding hydrogens is 451 g/mol. The summed E-state index contributed by atoms with van der Waals surface area (Å²) in [6, 6.07) is 6.65. The summed E-state index contributed by atoms with van der Waals surface area (Å²) in [6.45, 7) is 0.319. The molecule has 0 saturated heterocycles. The van der Waals surface area contributed by atoms with Gasteiger partial charge in [0, 0.05) is 26.9 Å². The Labute approximate surface area is 183 Å². The van der Waals surface area contributed by atoms with Gasteiger partial charge < -0.3 is 10.1 Å². The normalized spacial score (nSPS) is 10.9. The molecule has 0 aliphatic carbocycles. The van der Waals surface area contributed by atoms with Gasteiger partial charge in [-0.05, 0) is 23.1 Å². The van der Waals surface area contributed by atoms with Gasteiger partial charge in [0.15, 0.2) is 12.4 Å². The lowest BCUT2D eigenvalue weighted by Gasteiger charge is -2.06. The van der Waals surface area contributed by atoms with E-state index >= 15 is 0 Å². The summed E-state index contributed by atoms with van der Waals surface area (Å²) >= 11 is 12.3. The molecule has 0 radical (unpaired) electrons. The van der Waals surface area contributed by atoms with E-state index in [9.17, 15) is 14.9 Å². The molecule has 0 unspecified atom stereocenters. The van der Waals surface area contributed by atoms with E-state index in [4.69, 9.17) is 23.2 Å². The van der Waals surface area contributed by atoms with E-state index in [1.54, 1.807) is 18.2 Å². The van der Waals surface area contributed by atoms with E-state index in [-0.39, 0.29) is 24.9 Å². The third kappa shape index (κ3) is 4.67. The van der Waals surface area contributed by atoms with E-state index in [1.165, 1.54) is 39.0 Å². The number of amides is 1. The summed E-state index contributed by atoms with van der Waals surface area (Å²) in [6.07, 6.45) is 4.15. The number of carbonyl (C=O) groups is 1. The first-order chi connectivity index (χ1) is 14.9. The van der Waals surface area contributed by atoms with Crippen LogP contribution in [0.2, 0.25) is 10.0 Å². The first-order valence-electron chi connectivity index (χ1n) is 8.60. The van der Waals surface area contributed by atoms with Gasteiger partial charge in [0.25, 0.3) is 5.91 Å². The summed E-state index contributed by atoms with van der Waals surface area (Å²) < 4.78 is 4.08. The molecule has 158 valence electrons. The van der Waals surface area contributed by atoms with Gasteiger partial charge in [-0.3, -0.25) is 10.1 Å². The van der Waals surface area contributed by atoms with Crippen molar-refractivity contribution < 1.29 is 9.72 Å². The zero-order valence-corrected chi connectivity index (χ0v) is 17.0. The van der Waals surface area contributed by atoms with E-state index in [2.05, 4.69) is 30.6 Å². The summed E-state index contributed by atoms with van der Waals surface area (Å²) in [5.41, 5.74) is 0.779. The van der Waals surface area contributed by atoms with Gasteiger partial charge in [0.1, 0.15) is 6.33 Å². The molecule has 0 aliphatic rings. The molecule has 1 amide bonds. The van der Waals surface area contributed by atoms with Gasteiger partial charge in [0.2, 0.25) is 12.3 Å². The van der Waals surface area contributed by atoms with Crippen molar-refractivity contribution >= 4 is 41.0 Å². The van der Waals surface area contributed by atoms with Crippen LogP contribution in [0.4, 0.5) is 11.9 Å². The van der Waals surface area contributed by atoms with Crippen LogP contribution in [0.3, 0.4) is 0 Å². The van der Waals surface area contributed by atoms with Crippen molar-refractivity contribution in [2.24, 2.45) is 0 Å². The Balaban J connectivity index is 1.39. The molecule has 0 spiro atoms. The fourth-order valence-corrected chi connectivity index (χ4v) is 3.10. The second-order valence-electron chi connectivity index (χ2n) is 6.14. The summed E-state index contributed by atoms with van der Waals surface area (Å²) in [4.78, 5) is 29.9. The van der Waals surface area contributed by atoms with Crippen molar-refractivity contribution in [2.45, 2.75) is 13.2 Å². The van der Waals surface area contributed by atoms with Crippen LogP contribution in [0.5, 0.6) is 0 Å². The zero-order chi connectivity index (χ0) is 22.0. The number of nitrogens with zero attached hydrogens (tertiary/aromatic N) is 9. The molecule has 0 atom stereocenters. The average molecular weight is 463 g/mol. The van der Waals surface area contributed by atoms with Crippen molar-refractivity contribution in [2.75, 3.05) is 5.32 Å². The maximum absolute atomic E-state index is 12.4. The molecular formula is C16H12Cl2N10O3. The number of carbonyl (C=O) groups excluding carboxylic acids is 1. The molecule has 31 heavy (non-hydrogen) atoms. The van der Waals surface area contributed by atoms with Gasteiger partial charge in [-0.15, -0.1) is 5.10 Å². The number of halogens is 2. The molecule has 3 heterocycles. The van der Waals surface area contributed by atoms with Crippen LogP contribution in [0.25, 0.3) is 0 Å². The lowest BCUT2D eigenvalue weighted by Crippen LogP contribution is -2.16. The minimum atomic E-state index is -0.704. The number of anilines is 1. The van der Waals surface area contributed by atoms with Gasteiger partial charge in [-0.1, -0.05) is 34.3 Å². The first-order valence-corrected chi connectivity index (χ1v) is 9.35. The van der Waals surface area contributed by atoms with E-state index < -0.39 is 16.8 Å². The predicted molar refractivity (Wildman–Crippen MR) is 108 cm³/mol. The summed E-state index contributed by atoms with van der Waals surface area (Å²) in [5.74, 6) is -0.976. The maximum Gasteiger partial charge on any atom is 0.491 e. The molecule has 0 bridgehead atoms. The lowest BCUT2D eigenvalue weighted by molar-refractivity contribution is -0.394. The number of aromatic nitrogens is 8. The smallest absolute Gasteiger partial charge is 0.390 e. The molecule has 4 rings (SSSR count). The SMILES string of the molecule is O=C(Nc1ncn(Cc2c(Cl)cccc2Cl)n1)c1ccn(Cn2cnc([N+](=O)[O-])n2)n1. The highest BCUT2D eigenvalue weighted by atomic mass is 35.5. The predicted octanol–water partition coefficient (Wildman–Crippen LogP) is 2.09. The number of hydrogen-bond acceptors (Lipinski definition) is 8. The third-order valence-electron chi connectivity index (χ3n) is 3.99. The Kier molecular flexibility index (Phi) is 5.60. The summed E-state index contributed by atoms with van der Waals surface area (Å²) in [7, 11) is 0. The second-order valence-corrected chi connectivity index (χ2v) is 6.96. The molecule has 0 aliphatic heterocycles. The molecule has 15 heteroatoms. The number of nitrogens with one attached hydrogen (secondary N) is 1. The van der Waals surface area contributed by atoms with Crippen LogP contribution in [0, 0.1) is 10.1 Å². The van der Waals surface area contributed by atoms with Crippen LogP contribution in [-0.4, -0.2) is 50.1 Å². The Bertz CT molecular complexity index is 1240. The largest absolute Gasteiger partial charge is 0.491 e. The summed E-state index contributed by atoms with van der Waals surface area (Å²) in [5, 5.41) is 26.1.